The van der Waals surface area contributed by atoms with E-state index in [1.165, 1.54) is 40.8 Å². The summed E-state index contributed by atoms with van der Waals surface area (Å²) in [6.45, 7) is 2.46. The van der Waals surface area contributed by atoms with Gasteiger partial charge in [-0.05, 0) is 60.9 Å². The van der Waals surface area contributed by atoms with E-state index in [4.69, 9.17) is 17.3 Å². The van der Waals surface area contributed by atoms with Gasteiger partial charge in [0.1, 0.15) is 4.32 Å². The van der Waals surface area contributed by atoms with Crippen molar-refractivity contribution in [1.82, 2.24) is 4.90 Å². The summed E-state index contributed by atoms with van der Waals surface area (Å²) in [4.78, 5) is 27.9. The minimum atomic E-state index is -0.864. The summed E-state index contributed by atoms with van der Waals surface area (Å²) in [5, 5.41) is 8.80. The Morgan fingerprint density at radius 1 is 1.09 bits per heavy atom. The van der Waals surface area contributed by atoms with Gasteiger partial charge in [-0.3, -0.25) is 14.5 Å². The number of hydrogen-bond donors (Lipinski definition) is 1. The van der Waals surface area contributed by atoms with Crippen molar-refractivity contribution in [2.45, 2.75) is 32.1 Å². The zero-order chi connectivity index (χ0) is 23.2. The molecule has 1 N–H and O–H groups in total. The first kappa shape index (κ1) is 23.5. The Hall–Kier alpha value is -2.64. The minimum Gasteiger partial charge on any atom is -0.481 e. The highest BCUT2D eigenvalue weighted by atomic mass is 32.2. The minimum absolute atomic E-state index is 0.0288. The molecule has 2 aromatic rings. The Morgan fingerprint density at radius 2 is 1.79 bits per heavy atom. The molecule has 2 aliphatic heterocycles. The summed E-state index contributed by atoms with van der Waals surface area (Å²) in [6.07, 6.45) is 5.84. The second-order valence-corrected chi connectivity index (χ2v) is 10.2. The van der Waals surface area contributed by atoms with Crippen LogP contribution in [0.2, 0.25) is 0 Å². The fraction of sp³-hybridized carbons (Fsp3) is 0.346. The third-order valence-electron chi connectivity index (χ3n) is 6.18. The van der Waals surface area contributed by atoms with Crippen molar-refractivity contribution in [3.05, 3.63) is 70.6 Å². The number of piperidine rings is 1. The molecule has 4 rings (SSSR count). The number of aliphatic carboxylic acids is 1. The number of amides is 1. The Kier molecular flexibility index (Phi) is 7.83. The van der Waals surface area contributed by atoms with E-state index in [2.05, 4.69) is 47.4 Å². The summed E-state index contributed by atoms with van der Waals surface area (Å²) in [7, 11) is 0. The molecule has 0 aliphatic carbocycles. The molecule has 0 atom stereocenters. The molecule has 1 amide bonds. The number of nitrogens with zero attached hydrogens (tertiary/aromatic N) is 2. The number of benzene rings is 2. The number of carbonyl (C=O) groups excluding carboxylic acids is 1. The predicted molar refractivity (Wildman–Crippen MR) is 138 cm³/mol. The van der Waals surface area contributed by atoms with Crippen LogP contribution < -0.4 is 4.90 Å². The first-order valence-electron chi connectivity index (χ1n) is 11.4. The quantitative estimate of drug-likeness (QED) is 0.413. The van der Waals surface area contributed by atoms with Gasteiger partial charge >= 0.3 is 5.97 Å². The number of carboxylic acid groups (broad SMARTS) is 1. The number of thiocarbonyl (C=S) groups is 1. The van der Waals surface area contributed by atoms with Crippen molar-refractivity contribution in [3.8, 4) is 0 Å². The van der Waals surface area contributed by atoms with Crippen molar-refractivity contribution in [2.24, 2.45) is 5.92 Å². The van der Waals surface area contributed by atoms with E-state index >= 15 is 0 Å². The van der Waals surface area contributed by atoms with Gasteiger partial charge in [0.05, 0.1) is 4.91 Å². The molecule has 2 aliphatic rings. The monoisotopic (exact) mass is 480 g/mol. The smallest absolute Gasteiger partial charge is 0.303 e. The van der Waals surface area contributed by atoms with E-state index in [0.29, 0.717) is 22.2 Å². The van der Waals surface area contributed by atoms with Gasteiger partial charge < -0.3 is 10.0 Å². The Morgan fingerprint density at radius 3 is 2.45 bits per heavy atom. The van der Waals surface area contributed by atoms with Crippen molar-refractivity contribution < 1.29 is 14.7 Å². The van der Waals surface area contributed by atoms with Crippen LogP contribution in [-0.2, 0) is 16.0 Å². The van der Waals surface area contributed by atoms with E-state index in [1.807, 2.05) is 18.2 Å². The van der Waals surface area contributed by atoms with Gasteiger partial charge in [0.15, 0.2) is 0 Å². The van der Waals surface area contributed by atoms with Crippen LogP contribution in [-0.4, -0.2) is 45.8 Å². The summed E-state index contributed by atoms with van der Waals surface area (Å²) >= 11 is 6.60. The Labute approximate surface area is 204 Å². The maximum Gasteiger partial charge on any atom is 0.303 e. The Balaban J connectivity index is 1.31. The lowest BCUT2D eigenvalue weighted by atomic mass is 9.90. The van der Waals surface area contributed by atoms with Crippen LogP contribution >= 0.6 is 24.0 Å². The average molecular weight is 481 g/mol. The van der Waals surface area contributed by atoms with Crippen molar-refractivity contribution in [3.63, 3.8) is 0 Å². The van der Waals surface area contributed by atoms with Gasteiger partial charge in [-0.15, -0.1) is 0 Å². The van der Waals surface area contributed by atoms with Gasteiger partial charge in [0.2, 0.25) is 0 Å². The van der Waals surface area contributed by atoms with Crippen LogP contribution in [0.3, 0.4) is 0 Å². The highest BCUT2D eigenvalue weighted by molar-refractivity contribution is 8.26. The van der Waals surface area contributed by atoms with E-state index in [-0.39, 0.29) is 12.3 Å². The second kappa shape index (κ2) is 11.0. The largest absolute Gasteiger partial charge is 0.481 e. The van der Waals surface area contributed by atoms with Crippen LogP contribution in [0.25, 0.3) is 6.08 Å². The lowest BCUT2D eigenvalue weighted by Gasteiger charge is -2.33. The summed E-state index contributed by atoms with van der Waals surface area (Å²) in [6, 6.07) is 19.1. The summed E-state index contributed by atoms with van der Waals surface area (Å²) in [5.74, 6) is -0.267. The third-order valence-corrected chi connectivity index (χ3v) is 7.56. The number of hydrogen-bond acceptors (Lipinski definition) is 5. The fourth-order valence-corrected chi connectivity index (χ4v) is 5.67. The standard InChI is InChI=1S/C26H28N2O3S2/c29-24(30)7-4-14-28-25(31)23(33-26(28)32)18-20-8-10-22(11-9-20)27-15-12-21(13-16-27)17-19-5-2-1-3-6-19/h1-3,5-6,8-11,18,21H,4,7,12-17H2,(H,29,30). The summed E-state index contributed by atoms with van der Waals surface area (Å²) < 4.78 is 0.492. The van der Waals surface area contributed by atoms with Crippen LogP contribution in [0.15, 0.2) is 59.5 Å². The van der Waals surface area contributed by atoms with Crippen LogP contribution in [0.1, 0.15) is 36.8 Å². The zero-order valence-electron chi connectivity index (χ0n) is 18.5. The normalized spacial score (nSPS) is 18.4. The SMILES string of the molecule is O=C(O)CCCN1C(=O)C(=Cc2ccc(N3CCC(Cc4ccccc4)CC3)cc2)SC1=S. The molecule has 2 saturated heterocycles. The highest BCUT2D eigenvalue weighted by Crippen LogP contribution is 2.33. The molecule has 0 saturated carbocycles. The molecule has 172 valence electrons. The molecule has 0 aromatic heterocycles. The van der Waals surface area contributed by atoms with Crippen molar-refractivity contribution >= 4 is 51.9 Å². The number of thioether (sulfide) groups is 1. The predicted octanol–water partition coefficient (Wildman–Crippen LogP) is 5.21. The molecule has 0 bridgehead atoms. The van der Waals surface area contributed by atoms with Crippen LogP contribution in [0, 0.1) is 5.92 Å². The summed E-state index contributed by atoms with van der Waals surface area (Å²) in [5.41, 5.74) is 3.60. The first-order valence-corrected chi connectivity index (χ1v) is 12.6. The van der Waals surface area contributed by atoms with E-state index < -0.39 is 5.97 Å². The molecule has 7 heteroatoms. The molecule has 5 nitrogen and oxygen atoms in total. The van der Waals surface area contributed by atoms with Crippen molar-refractivity contribution in [1.29, 1.82) is 0 Å². The van der Waals surface area contributed by atoms with Gasteiger partial charge in [0, 0.05) is 31.7 Å². The molecule has 33 heavy (non-hydrogen) atoms. The first-order chi connectivity index (χ1) is 16.0. The molecular formula is C26H28N2O3S2. The lowest BCUT2D eigenvalue weighted by molar-refractivity contribution is -0.137. The van der Waals surface area contributed by atoms with E-state index in [9.17, 15) is 9.59 Å². The number of carbonyl (C=O) groups is 2. The molecule has 0 spiro atoms. The molecule has 2 fully saturated rings. The fourth-order valence-electron chi connectivity index (χ4n) is 4.36. The maximum atomic E-state index is 12.7. The molecule has 0 radical (unpaired) electrons. The number of anilines is 1. The molecular weight excluding hydrogens is 452 g/mol. The maximum absolute atomic E-state index is 12.7. The van der Waals surface area contributed by atoms with Gasteiger partial charge in [-0.2, -0.15) is 0 Å². The van der Waals surface area contributed by atoms with Crippen LogP contribution in [0.5, 0.6) is 0 Å². The highest BCUT2D eigenvalue weighted by Gasteiger charge is 2.31. The van der Waals surface area contributed by atoms with Gasteiger partial charge in [-0.1, -0.05) is 66.4 Å². The van der Waals surface area contributed by atoms with Gasteiger partial charge in [-0.25, -0.2) is 0 Å². The second-order valence-electron chi connectivity index (χ2n) is 8.54. The molecule has 2 heterocycles. The number of carboxylic acids is 1. The van der Waals surface area contributed by atoms with Gasteiger partial charge in [0.25, 0.3) is 5.91 Å². The average Bonchev–Trinajstić information content (AvgIpc) is 3.08. The third kappa shape index (κ3) is 6.24. The van der Waals surface area contributed by atoms with Crippen molar-refractivity contribution in [2.75, 3.05) is 24.5 Å². The molecule has 0 unspecified atom stereocenters. The van der Waals surface area contributed by atoms with E-state index in [0.717, 1.165) is 31.0 Å². The topological polar surface area (TPSA) is 60.9 Å². The Bertz CT molecular complexity index is 1030. The van der Waals surface area contributed by atoms with Crippen LogP contribution in [0.4, 0.5) is 5.69 Å². The zero-order valence-corrected chi connectivity index (χ0v) is 20.1. The lowest BCUT2D eigenvalue weighted by Crippen LogP contribution is -2.34. The number of rotatable bonds is 8. The molecule has 2 aromatic carbocycles. The van der Waals surface area contributed by atoms with E-state index in [1.54, 1.807) is 0 Å².